The number of hydrogen-bond acceptors (Lipinski definition) is 2. The Morgan fingerprint density at radius 1 is 1.05 bits per heavy atom. The lowest BCUT2D eigenvalue weighted by Gasteiger charge is -2.42. The maximum absolute atomic E-state index is 3.73. The van der Waals surface area contributed by atoms with Crippen molar-refractivity contribution in [2.75, 3.05) is 26.2 Å². The maximum Gasteiger partial charge on any atom is 0.00954 e. The van der Waals surface area contributed by atoms with Crippen LogP contribution in [0.4, 0.5) is 0 Å². The van der Waals surface area contributed by atoms with Gasteiger partial charge in [-0.05, 0) is 57.0 Å². The number of nitrogens with one attached hydrogen (secondary N) is 1. The Morgan fingerprint density at radius 2 is 1.85 bits per heavy atom. The summed E-state index contributed by atoms with van der Waals surface area (Å²) in [6.45, 7) is 9.81. The van der Waals surface area contributed by atoms with Crippen molar-refractivity contribution in [2.24, 2.45) is 5.41 Å². The number of hydrogen-bond donors (Lipinski definition) is 1. The van der Waals surface area contributed by atoms with Gasteiger partial charge in [0.15, 0.2) is 0 Å². The normalized spacial score (nSPS) is 27.0. The molecular formula is C18H36N2. The minimum atomic E-state index is 0.596. The van der Waals surface area contributed by atoms with Crippen LogP contribution in [0.15, 0.2) is 0 Å². The first kappa shape index (κ1) is 16.3. The van der Waals surface area contributed by atoms with Gasteiger partial charge in [0.1, 0.15) is 0 Å². The van der Waals surface area contributed by atoms with Gasteiger partial charge >= 0.3 is 0 Å². The molecule has 20 heavy (non-hydrogen) atoms. The van der Waals surface area contributed by atoms with Crippen LogP contribution < -0.4 is 5.32 Å². The van der Waals surface area contributed by atoms with Crippen LogP contribution in [0.3, 0.4) is 0 Å². The van der Waals surface area contributed by atoms with E-state index in [0.717, 1.165) is 6.04 Å². The molecule has 1 heterocycles. The molecule has 0 bridgehead atoms. The molecule has 2 fully saturated rings. The van der Waals surface area contributed by atoms with Gasteiger partial charge in [0.05, 0.1) is 0 Å². The summed E-state index contributed by atoms with van der Waals surface area (Å²) in [6, 6.07) is 0.886. The molecule has 1 aliphatic carbocycles. The first-order valence-corrected chi connectivity index (χ1v) is 9.24. The fourth-order valence-corrected chi connectivity index (χ4v) is 4.41. The van der Waals surface area contributed by atoms with Crippen LogP contribution in [0.5, 0.6) is 0 Å². The molecule has 0 aromatic rings. The van der Waals surface area contributed by atoms with E-state index >= 15 is 0 Å². The van der Waals surface area contributed by atoms with Gasteiger partial charge in [-0.25, -0.2) is 0 Å². The van der Waals surface area contributed by atoms with Crippen LogP contribution in [0.25, 0.3) is 0 Å². The van der Waals surface area contributed by atoms with Crippen molar-refractivity contribution in [3.05, 3.63) is 0 Å². The van der Waals surface area contributed by atoms with E-state index < -0.39 is 0 Å². The third-order valence-corrected chi connectivity index (χ3v) is 5.50. The highest BCUT2D eigenvalue weighted by atomic mass is 15.2. The number of rotatable bonds is 8. The fraction of sp³-hybridized carbons (Fsp3) is 1.00. The van der Waals surface area contributed by atoms with Gasteiger partial charge in [-0.15, -0.1) is 0 Å². The van der Waals surface area contributed by atoms with E-state index in [-0.39, 0.29) is 0 Å². The Bertz CT molecular complexity index is 256. The van der Waals surface area contributed by atoms with Gasteiger partial charge in [0.25, 0.3) is 0 Å². The summed E-state index contributed by atoms with van der Waals surface area (Å²) in [5.74, 6) is 0. The van der Waals surface area contributed by atoms with Gasteiger partial charge in [-0.1, -0.05) is 39.5 Å². The minimum absolute atomic E-state index is 0.596. The standard InChI is InChI=1S/C18H36N2/c1-3-9-17-10-5-8-14-20(17)16-18(11-6-7-12-18)15-19-13-4-2/h17,19H,3-16H2,1-2H3. The quantitative estimate of drug-likeness (QED) is 0.670. The van der Waals surface area contributed by atoms with E-state index in [1.165, 1.54) is 90.4 Å². The van der Waals surface area contributed by atoms with Crippen molar-refractivity contribution in [1.29, 1.82) is 0 Å². The third kappa shape index (κ3) is 4.46. The van der Waals surface area contributed by atoms with E-state index in [0.29, 0.717) is 5.41 Å². The Morgan fingerprint density at radius 3 is 2.55 bits per heavy atom. The molecule has 0 spiro atoms. The highest BCUT2D eigenvalue weighted by molar-refractivity contribution is 4.91. The molecule has 0 aromatic carbocycles. The van der Waals surface area contributed by atoms with Crippen molar-refractivity contribution in [3.8, 4) is 0 Å². The Balaban J connectivity index is 1.91. The zero-order valence-corrected chi connectivity index (χ0v) is 13.9. The van der Waals surface area contributed by atoms with Crippen molar-refractivity contribution >= 4 is 0 Å². The Hall–Kier alpha value is -0.0800. The summed E-state index contributed by atoms with van der Waals surface area (Å²) in [6.07, 6.45) is 14.2. The summed E-state index contributed by atoms with van der Waals surface area (Å²) >= 11 is 0. The lowest BCUT2D eigenvalue weighted by Crippen LogP contribution is -2.48. The topological polar surface area (TPSA) is 15.3 Å². The largest absolute Gasteiger partial charge is 0.316 e. The van der Waals surface area contributed by atoms with Crippen LogP contribution in [0.1, 0.15) is 78.1 Å². The predicted molar refractivity (Wildman–Crippen MR) is 88.2 cm³/mol. The van der Waals surface area contributed by atoms with Crippen LogP contribution in [0, 0.1) is 5.41 Å². The monoisotopic (exact) mass is 280 g/mol. The van der Waals surface area contributed by atoms with Gasteiger partial charge in [0, 0.05) is 19.1 Å². The zero-order chi connectivity index (χ0) is 14.3. The van der Waals surface area contributed by atoms with Crippen LogP contribution in [-0.2, 0) is 0 Å². The van der Waals surface area contributed by atoms with E-state index in [1.807, 2.05) is 0 Å². The number of likely N-dealkylation sites (tertiary alicyclic amines) is 1. The molecule has 1 aliphatic heterocycles. The third-order valence-electron chi connectivity index (χ3n) is 5.50. The van der Waals surface area contributed by atoms with Crippen LogP contribution in [-0.4, -0.2) is 37.1 Å². The predicted octanol–water partition coefficient (Wildman–Crippen LogP) is 4.20. The molecule has 0 radical (unpaired) electrons. The summed E-state index contributed by atoms with van der Waals surface area (Å²) in [5.41, 5.74) is 0.596. The highest BCUT2D eigenvalue weighted by Crippen LogP contribution is 2.39. The molecule has 1 atom stereocenters. The zero-order valence-electron chi connectivity index (χ0n) is 13.9. The molecule has 1 saturated heterocycles. The SMILES string of the molecule is CCCNCC1(CN2CCCCC2CCC)CCCC1. The Kier molecular flexibility index (Phi) is 6.83. The molecule has 0 aromatic heterocycles. The van der Waals surface area contributed by atoms with Gasteiger partial charge in [0.2, 0.25) is 0 Å². The molecule has 2 aliphatic rings. The molecule has 2 nitrogen and oxygen atoms in total. The summed E-state index contributed by atoms with van der Waals surface area (Å²) in [4.78, 5) is 2.87. The Labute approximate surface area is 126 Å². The lowest BCUT2D eigenvalue weighted by atomic mass is 9.83. The number of piperidine rings is 1. The van der Waals surface area contributed by atoms with E-state index in [9.17, 15) is 0 Å². The van der Waals surface area contributed by atoms with Crippen LogP contribution >= 0.6 is 0 Å². The van der Waals surface area contributed by atoms with Crippen molar-refractivity contribution in [3.63, 3.8) is 0 Å². The fourth-order valence-electron chi connectivity index (χ4n) is 4.41. The van der Waals surface area contributed by atoms with Gasteiger partial charge < -0.3 is 5.32 Å². The van der Waals surface area contributed by atoms with Crippen molar-refractivity contribution in [2.45, 2.75) is 84.1 Å². The maximum atomic E-state index is 3.73. The summed E-state index contributed by atoms with van der Waals surface area (Å²) in [7, 11) is 0. The van der Waals surface area contributed by atoms with E-state index in [2.05, 4.69) is 24.1 Å². The second-order valence-corrected chi connectivity index (χ2v) is 7.29. The average molecular weight is 280 g/mol. The number of nitrogens with zero attached hydrogens (tertiary/aromatic N) is 1. The second-order valence-electron chi connectivity index (χ2n) is 7.29. The van der Waals surface area contributed by atoms with Crippen LogP contribution in [0.2, 0.25) is 0 Å². The average Bonchev–Trinajstić information content (AvgIpc) is 2.90. The summed E-state index contributed by atoms with van der Waals surface area (Å²) in [5, 5.41) is 3.73. The van der Waals surface area contributed by atoms with E-state index in [1.54, 1.807) is 0 Å². The molecule has 1 saturated carbocycles. The molecule has 2 heteroatoms. The van der Waals surface area contributed by atoms with Crippen molar-refractivity contribution < 1.29 is 0 Å². The molecule has 2 rings (SSSR count). The molecular weight excluding hydrogens is 244 g/mol. The smallest absolute Gasteiger partial charge is 0.00954 e. The second kappa shape index (κ2) is 8.38. The summed E-state index contributed by atoms with van der Waals surface area (Å²) < 4.78 is 0. The molecule has 0 amide bonds. The van der Waals surface area contributed by atoms with Gasteiger partial charge in [-0.2, -0.15) is 0 Å². The molecule has 1 unspecified atom stereocenters. The highest BCUT2D eigenvalue weighted by Gasteiger charge is 2.37. The van der Waals surface area contributed by atoms with Crippen molar-refractivity contribution in [1.82, 2.24) is 10.2 Å². The molecule has 118 valence electrons. The first-order valence-electron chi connectivity index (χ1n) is 9.24. The first-order chi connectivity index (χ1) is 9.79. The molecule has 1 N–H and O–H groups in total. The van der Waals surface area contributed by atoms with Gasteiger partial charge in [-0.3, -0.25) is 4.90 Å². The lowest BCUT2D eigenvalue weighted by molar-refractivity contribution is 0.0763. The van der Waals surface area contributed by atoms with E-state index in [4.69, 9.17) is 0 Å². The minimum Gasteiger partial charge on any atom is -0.316 e.